The molecule has 2 rings (SSSR count). The summed E-state index contributed by atoms with van der Waals surface area (Å²) in [5, 5.41) is 0. The zero-order chi connectivity index (χ0) is 14.5. The highest BCUT2D eigenvalue weighted by molar-refractivity contribution is 5.91. The SMILES string of the molecule is CN(C)/C=C1\C[C@@H](COC(=O)c2ccccc2)OC1=O. The van der Waals surface area contributed by atoms with Gasteiger partial charge in [-0.25, -0.2) is 9.59 Å². The summed E-state index contributed by atoms with van der Waals surface area (Å²) in [5.74, 6) is -0.758. The van der Waals surface area contributed by atoms with E-state index < -0.39 is 12.1 Å². The van der Waals surface area contributed by atoms with E-state index in [4.69, 9.17) is 9.47 Å². The first kappa shape index (κ1) is 14.1. The van der Waals surface area contributed by atoms with Crippen LogP contribution in [0.2, 0.25) is 0 Å². The zero-order valence-electron chi connectivity index (χ0n) is 11.5. The van der Waals surface area contributed by atoms with Crippen molar-refractivity contribution >= 4 is 11.9 Å². The molecule has 1 aromatic carbocycles. The molecule has 0 unspecified atom stereocenters. The fourth-order valence-electron chi connectivity index (χ4n) is 1.93. The first-order valence-electron chi connectivity index (χ1n) is 6.36. The van der Waals surface area contributed by atoms with Crippen molar-refractivity contribution in [2.24, 2.45) is 0 Å². The molecule has 1 aliphatic heterocycles. The second kappa shape index (κ2) is 6.23. The van der Waals surface area contributed by atoms with Crippen LogP contribution in [0.3, 0.4) is 0 Å². The van der Waals surface area contributed by atoms with Gasteiger partial charge in [-0.2, -0.15) is 0 Å². The Balaban J connectivity index is 1.87. The molecule has 1 aliphatic rings. The molecule has 5 heteroatoms. The predicted octanol–water partition coefficient (Wildman–Crippen LogP) is 1.60. The second-order valence-electron chi connectivity index (χ2n) is 4.81. The summed E-state index contributed by atoms with van der Waals surface area (Å²) < 4.78 is 10.3. The van der Waals surface area contributed by atoms with Crippen LogP contribution in [0.4, 0.5) is 0 Å². The van der Waals surface area contributed by atoms with Crippen molar-refractivity contribution in [1.29, 1.82) is 0 Å². The lowest BCUT2D eigenvalue weighted by Crippen LogP contribution is -2.18. The van der Waals surface area contributed by atoms with Crippen LogP contribution in [0, 0.1) is 0 Å². The quantitative estimate of drug-likeness (QED) is 0.617. The smallest absolute Gasteiger partial charge is 0.338 e. The van der Waals surface area contributed by atoms with Gasteiger partial charge in [-0.15, -0.1) is 0 Å². The Bertz CT molecular complexity index is 522. The molecule has 0 spiro atoms. The molecule has 0 bridgehead atoms. The molecule has 106 valence electrons. The van der Waals surface area contributed by atoms with Crippen molar-refractivity contribution in [3.8, 4) is 0 Å². The monoisotopic (exact) mass is 275 g/mol. The maximum atomic E-state index is 11.8. The van der Waals surface area contributed by atoms with Crippen LogP contribution in [0.1, 0.15) is 16.8 Å². The highest BCUT2D eigenvalue weighted by Crippen LogP contribution is 2.21. The Morgan fingerprint density at radius 3 is 2.75 bits per heavy atom. The predicted molar refractivity (Wildman–Crippen MR) is 73.0 cm³/mol. The van der Waals surface area contributed by atoms with Gasteiger partial charge in [0.1, 0.15) is 12.7 Å². The third-order valence-corrected chi connectivity index (χ3v) is 2.81. The molecule has 0 N–H and O–H groups in total. The van der Waals surface area contributed by atoms with Gasteiger partial charge in [0.25, 0.3) is 0 Å². The Morgan fingerprint density at radius 1 is 1.40 bits per heavy atom. The van der Waals surface area contributed by atoms with Crippen molar-refractivity contribution in [1.82, 2.24) is 4.90 Å². The van der Waals surface area contributed by atoms with E-state index in [9.17, 15) is 9.59 Å². The summed E-state index contributed by atoms with van der Waals surface area (Å²) in [6, 6.07) is 8.73. The average Bonchev–Trinajstić information content (AvgIpc) is 2.77. The van der Waals surface area contributed by atoms with Crippen molar-refractivity contribution in [3.05, 3.63) is 47.7 Å². The van der Waals surface area contributed by atoms with E-state index in [-0.39, 0.29) is 12.6 Å². The first-order valence-corrected chi connectivity index (χ1v) is 6.36. The van der Waals surface area contributed by atoms with Crippen LogP contribution in [0.15, 0.2) is 42.1 Å². The Hall–Kier alpha value is -2.30. The summed E-state index contributed by atoms with van der Waals surface area (Å²) in [7, 11) is 3.67. The molecule has 1 heterocycles. The Labute approximate surface area is 117 Å². The zero-order valence-corrected chi connectivity index (χ0v) is 11.5. The lowest BCUT2D eigenvalue weighted by atomic mass is 10.2. The van der Waals surface area contributed by atoms with Crippen molar-refractivity contribution in [2.75, 3.05) is 20.7 Å². The van der Waals surface area contributed by atoms with Crippen LogP contribution in [0.5, 0.6) is 0 Å². The third-order valence-electron chi connectivity index (χ3n) is 2.81. The number of carbonyl (C=O) groups is 2. The largest absolute Gasteiger partial charge is 0.458 e. The lowest BCUT2D eigenvalue weighted by molar-refractivity contribution is -0.140. The lowest BCUT2D eigenvalue weighted by Gasteiger charge is -2.09. The molecule has 1 fully saturated rings. The number of nitrogens with zero attached hydrogens (tertiary/aromatic N) is 1. The summed E-state index contributed by atoms with van der Waals surface area (Å²) in [4.78, 5) is 25.1. The number of ether oxygens (including phenoxy) is 2. The van der Waals surface area contributed by atoms with Crippen molar-refractivity contribution < 1.29 is 19.1 Å². The molecule has 0 radical (unpaired) electrons. The van der Waals surface area contributed by atoms with E-state index in [0.717, 1.165) is 0 Å². The van der Waals surface area contributed by atoms with Gasteiger partial charge in [-0.3, -0.25) is 0 Å². The normalized spacial score (nSPS) is 19.8. The fourth-order valence-corrected chi connectivity index (χ4v) is 1.93. The van der Waals surface area contributed by atoms with E-state index in [2.05, 4.69) is 0 Å². The van der Waals surface area contributed by atoms with E-state index >= 15 is 0 Å². The molecule has 0 amide bonds. The fraction of sp³-hybridized carbons (Fsp3) is 0.333. The molecule has 0 aliphatic carbocycles. The first-order chi connectivity index (χ1) is 9.56. The van der Waals surface area contributed by atoms with Crippen LogP contribution < -0.4 is 0 Å². The van der Waals surface area contributed by atoms with Gasteiger partial charge < -0.3 is 14.4 Å². The standard InChI is InChI=1S/C15H17NO4/c1-16(2)9-12-8-13(20-15(12)18)10-19-14(17)11-6-4-3-5-7-11/h3-7,9,13H,8,10H2,1-2H3/b12-9+/t13-/m0/s1. The van der Waals surface area contributed by atoms with E-state index in [1.54, 1.807) is 35.4 Å². The minimum atomic E-state index is -0.410. The molecule has 20 heavy (non-hydrogen) atoms. The van der Waals surface area contributed by atoms with Crippen LogP contribution >= 0.6 is 0 Å². The molecule has 1 aromatic rings. The average molecular weight is 275 g/mol. The van der Waals surface area contributed by atoms with E-state index in [1.165, 1.54) is 0 Å². The van der Waals surface area contributed by atoms with Gasteiger partial charge in [0.2, 0.25) is 0 Å². The molecular formula is C15H17NO4. The molecule has 1 atom stereocenters. The Kier molecular flexibility index (Phi) is 4.40. The van der Waals surface area contributed by atoms with Crippen LogP contribution in [-0.2, 0) is 14.3 Å². The molecule has 5 nitrogen and oxygen atoms in total. The number of carbonyl (C=O) groups excluding carboxylic acids is 2. The van der Waals surface area contributed by atoms with Gasteiger partial charge in [0, 0.05) is 26.7 Å². The number of cyclic esters (lactones) is 1. The van der Waals surface area contributed by atoms with Gasteiger partial charge >= 0.3 is 11.9 Å². The maximum absolute atomic E-state index is 11.8. The summed E-state index contributed by atoms with van der Waals surface area (Å²) in [5.41, 5.74) is 1.08. The van der Waals surface area contributed by atoms with Crippen LogP contribution in [0.25, 0.3) is 0 Å². The van der Waals surface area contributed by atoms with Gasteiger partial charge in [-0.1, -0.05) is 18.2 Å². The third kappa shape index (κ3) is 3.60. The number of esters is 2. The number of benzene rings is 1. The minimum absolute atomic E-state index is 0.0736. The topological polar surface area (TPSA) is 55.8 Å². The molecule has 1 saturated heterocycles. The van der Waals surface area contributed by atoms with Crippen LogP contribution in [-0.4, -0.2) is 43.6 Å². The maximum Gasteiger partial charge on any atom is 0.338 e. The number of hydrogen-bond donors (Lipinski definition) is 0. The minimum Gasteiger partial charge on any atom is -0.458 e. The van der Waals surface area contributed by atoms with Crippen molar-refractivity contribution in [3.63, 3.8) is 0 Å². The molecule has 0 aromatic heterocycles. The Morgan fingerprint density at radius 2 is 2.10 bits per heavy atom. The van der Waals surface area contributed by atoms with E-state index in [0.29, 0.717) is 17.6 Å². The van der Waals surface area contributed by atoms with E-state index in [1.807, 2.05) is 20.2 Å². The second-order valence-corrected chi connectivity index (χ2v) is 4.81. The molecule has 0 saturated carbocycles. The van der Waals surface area contributed by atoms with Gasteiger partial charge in [-0.05, 0) is 12.1 Å². The van der Waals surface area contributed by atoms with Gasteiger partial charge in [0.15, 0.2) is 0 Å². The summed E-state index contributed by atoms with van der Waals surface area (Å²) in [6.07, 6.45) is 1.78. The summed E-state index contributed by atoms with van der Waals surface area (Å²) >= 11 is 0. The van der Waals surface area contributed by atoms with Gasteiger partial charge in [0.05, 0.1) is 11.1 Å². The number of hydrogen-bond acceptors (Lipinski definition) is 5. The molecular weight excluding hydrogens is 258 g/mol. The number of rotatable bonds is 4. The highest BCUT2D eigenvalue weighted by Gasteiger charge is 2.30. The van der Waals surface area contributed by atoms with Crippen molar-refractivity contribution in [2.45, 2.75) is 12.5 Å². The highest BCUT2D eigenvalue weighted by atomic mass is 16.6. The summed E-state index contributed by atoms with van der Waals surface area (Å²) in [6.45, 7) is 0.0736.